The van der Waals surface area contributed by atoms with Crippen molar-refractivity contribution in [2.75, 3.05) is 13.7 Å². The average Bonchev–Trinajstić information content (AvgIpc) is 3.73. The van der Waals surface area contributed by atoms with Crippen molar-refractivity contribution in [3.8, 4) is 5.75 Å². The highest BCUT2D eigenvalue weighted by molar-refractivity contribution is 7.94. The van der Waals surface area contributed by atoms with Crippen LogP contribution in [0.2, 0.25) is 0 Å². The monoisotopic (exact) mass is 500 g/mol. The predicted octanol–water partition coefficient (Wildman–Crippen LogP) is 3.68. The van der Waals surface area contributed by atoms with Gasteiger partial charge in [-0.05, 0) is 60.9 Å². The molecular formula is C27H32O7S. The van der Waals surface area contributed by atoms with Gasteiger partial charge in [-0.1, -0.05) is 20.8 Å². The summed E-state index contributed by atoms with van der Waals surface area (Å²) in [5.74, 6) is 0.872. The van der Waals surface area contributed by atoms with Gasteiger partial charge in [0.15, 0.2) is 5.60 Å². The Labute approximate surface area is 209 Å². The minimum atomic E-state index is -0.690. The number of carbonyl (C=O) groups excluding carboxylic acids is 1. The normalized spacial score (nSPS) is 46.7. The zero-order chi connectivity index (χ0) is 24.3. The maximum absolute atomic E-state index is 12.3. The third-order valence-electron chi connectivity index (χ3n) is 9.94. The Balaban J connectivity index is 1.24. The van der Waals surface area contributed by atoms with Gasteiger partial charge >= 0.3 is 5.97 Å². The van der Waals surface area contributed by atoms with Gasteiger partial charge in [-0.15, -0.1) is 0 Å². The van der Waals surface area contributed by atoms with Gasteiger partial charge in [0, 0.05) is 33.8 Å². The van der Waals surface area contributed by atoms with Gasteiger partial charge in [0.2, 0.25) is 0 Å². The Morgan fingerprint density at radius 3 is 2.69 bits per heavy atom. The number of aliphatic hydroxyl groups excluding tert-OH is 1. The van der Waals surface area contributed by atoms with Crippen LogP contribution >= 0.6 is 12.0 Å². The minimum Gasteiger partial charge on any atom is -0.497 e. The molecule has 2 saturated heterocycles. The average molecular weight is 501 g/mol. The van der Waals surface area contributed by atoms with Crippen LogP contribution < -0.4 is 4.74 Å². The molecule has 8 heteroatoms. The maximum atomic E-state index is 12.3. The Hall–Kier alpha value is -1.58. The largest absolute Gasteiger partial charge is 0.497 e. The lowest BCUT2D eigenvalue weighted by Crippen LogP contribution is -2.69. The second-order valence-electron chi connectivity index (χ2n) is 11.5. The molecule has 0 aromatic heterocycles. The summed E-state index contributed by atoms with van der Waals surface area (Å²) in [7, 11) is 1.65. The molecule has 2 spiro atoms. The first-order valence-electron chi connectivity index (χ1n) is 12.7. The number of hydrogen-bond donors (Lipinski definition) is 1. The number of fused-ring (bicyclic) bond motifs is 2. The molecule has 4 fully saturated rings. The summed E-state index contributed by atoms with van der Waals surface area (Å²) in [6.07, 6.45) is 1.12. The number of methoxy groups -OCH3 is 1. The number of carbonyl (C=O) groups is 1. The number of aliphatic hydroxyl groups is 1. The molecule has 1 N–H and O–H groups in total. The van der Waals surface area contributed by atoms with Crippen molar-refractivity contribution in [2.45, 2.75) is 80.5 Å². The van der Waals surface area contributed by atoms with Crippen LogP contribution in [-0.2, 0) is 23.2 Å². The van der Waals surface area contributed by atoms with E-state index in [1.54, 1.807) is 7.11 Å². The maximum Gasteiger partial charge on any atom is 0.334 e. The van der Waals surface area contributed by atoms with Crippen LogP contribution in [0.15, 0.2) is 40.3 Å². The van der Waals surface area contributed by atoms with Crippen LogP contribution in [0.4, 0.5) is 0 Å². The summed E-state index contributed by atoms with van der Waals surface area (Å²) < 4.78 is 30.5. The summed E-state index contributed by atoms with van der Waals surface area (Å²) in [5, 5.41) is 11.9. The van der Waals surface area contributed by atoms with Gasteiger partial charge in [0.25, 0.3) is 0 Å². The topological polar surface area (TPSA) is 90.0 Å². The molecule has 2 saturated carbocycles. The quantitative estimate of drug-likeness (QED) is 0.372. The predicted molar refractivity (Wildman–Crippen MR) is 127 cm³/mol. The summed E-state index contributed by atoms with van der Waals surface area (Å²) in [6, 6.07) is 7.78. The molecule has 7 nitrogen and oxygen atoms in total. The third-order valence-corrected chi connectivity index (χ3v) is 10.7. The Morgan fingerprint density at radius 1 is 1.20 bits per heavy atom. The smallest absolute Gasteiger partial charge is 0.334 e. The van der Waals surface area contributed by atoms with E-state index in [4.69, 9.17) is 23.1 Å². The standard InChI is InChI=1S/C27H32O7S/c1-13(2)20-21(34-35-15-7-5-14(30-4)6-8-15)23-27(33-23)25(3)10-9-16-17(12-31-24(16)29)18(25)11-19-26(27,32-19)22(20)28/h5-8,13,18-23,28H,9-12H2,1-4H3. The fourth-order valence-corrected chi connectivity index (χ4v) is 8.91. The molecular weight excluding hydrogens is 468 g/mol. The Kier molecular flexibility index (Phi) is 4.69. The first-order valence-corrected chi connectivity index (χ1v) is 13.4. The Morgan fingerprint density at radius 2 is 1.97 bits per heavy atom. The SMILES string of the molecule is COc1ccc(SOC2C(C(C)C)C(O)C34OC3CC3C5=C(CCC3(C)C43OC23)C(=O)OC5)cc1. The van der Waals surface area contributed by atoms with Gasteiger partial charge in [-0.25, -0.2) is 4.79 Å². The van der Waals surface area contributed by atoms with Gasteiger partial charge in [0.1, 0.15) is 30.2 Å². The van der Waals surface area contributed by atoms with E-state index in [-0.39, 0.29) is 47.4 Å². The molecule has 1 aromatic rings. The van der Waals surface area contributed by atoms with E-state index in [1.165, 1.54) is 12.0 Å². The highest BCUT2D eigenvalue weighted by Crippen LogP contribution is 2.79. The number of epoxide rings is 2. The lowest BCUT2D eigenvalue weighted by molar-refractivity contribution is -0.136. The van der Waals surface area contributed by atoms with Gasteiger partial charge in [-0.2, -0.15) is 0 Å². The molecule has 0 radical (unpaired) electrons. The minimum absolute atomic E-state index is 0.0698. The van der Waals surface area contributed by atoms with Crippen LogP contribution in [0, 0.1) is 23.2 Å². The molecule has 0 amide bonds. The summed E-state index contributed by atoms with van der Waals surface area (Å²) in [5.41, 5.74) is 0.417. The number of cyclic esters (lactones) is 1. The van der Waals surface area contributed by atoms with Crippen molar-refractivity contribution >= 4 is 18.0 Å². The van der Waals surface area contributed by atoms with Gasteiger partial charge in [-0.3, -0.25) is 0 Å². The molecule has 3 heterocycles. The molecule has 1 aromatic carbocycles. The zero-order valence-corrected chi connectivity index (χ0v) is 21.3. The highest BCUT2D eigenvalue weighted by Gasteiger charge is 2.94. The summed E-state index contributed by atoms with van der Waals surface area (Å²) >= 11 is 1.33. The highest BCUT2D eigenvalue weighted by atomic mass is 32.2. The van der Waals surface area contributed by atoms with E-state index >= 15 is 0 Å². The van der Waals surface area contributed by atoms with Crippen molar-refractivity contribution < 1.29 is 33.0 Å². The lowest BCUT2D eigenvalue weighted by Gasteiger charge is -2.55. The van der Waals surface area contributed by atoms with Crippen molar-refractivity contribution in [1.82, 2.24) is 0 Å². The van der Waals surface area contributed by atoms with E-state index < -0.39 is 17.3 Å². The van der Waals surface area contributed by atoms with Crippen LogP contribution in [0.25, 0.3) is 0 Å². The summed E-state index contributed by atoms with van der Waals surface area (Å²) in [6.45, 7) is 6.93. The molecule has 188 valence electrons. The van der Waals surface area contributed by atoms with Gasteiger partial charge < -0.3 is 28.2 Å². The van der Waals surface area contributed by atoms with Crippen molar-refractivity contribution in [1.29, 1.82) is 0 Å². The second-order valence-corrected chi connectivity index (χ2v) is 12.4. The molecule has 0 bridgehead atoms. The molecule has 35 heavy (non-hydrogen) atoms. The number of benzene rings is 1. The number of ether oxygens (including phenoxy) is 4. The number of hydrogen-bond acceptors (Lipinski definition) is 8. The van der Waals surface area contributed by atoms with E-state index in [2.05, 4.69) is 20.8 Å². The van der Waals surface area contributed by atoms with E-state index in [1.807, 2.05) is 24.3 Å². The fraction of sp³-hybridized carbons (Fsp3) is 0.667. The molecule has 7 rings (SSSR count). The Bertz CT molecular complexity index is 1120. The molecule has 9 unspecified atom stereocenters. The first kappa shape index (κ1) is 22.6. The van der Waals surface area contributed by atoms with E-state index in [9.17, 15) is 9.90 Å². The molecule has 3 aliphatic heterocycles. The molecule has 6 aliphatic rings. The third kappa shape index (κ3) is 2.65. The fourth-order valence-electron chi connectivity index (χ4n) is 8.21. The first-order chi connectivity index (χ1) is 16.8. The number of rotatable bonds is 5. The van der Waals surface area contributed by atoms with Crippen molar-refractivity contribution in [3.63, 3.8) is 0 Å². The van der Waals surface area contributed by atoms with E-state index in [0.717, 1.165) is 34.6 Å². The summed E-state index contributed by atoms with van der Waals surface area (Å²) in [4.78, 5) is 13.3. The zero-order valence-electron chi connectivity index (χ0n) is 20.5. The van der Waals surface area contributed by atoms with Gasteiger partial charge in [0.05, 0.1) is 19.3 Å². The molecule has 3 aliphatic carbocycles. The van der Waals surface area contributed by atoms with Crippen molar-refractivity contribution in [3.05, 3.63) is 35.4 Å². The lowest BCUT2D eigenvalue weighted by atomic mass is 9.46. The second kappa shape index (κ2) is 7.25. The van der Waals surface area contributed by atoms with Crippen LogP contribution in [-0.4, -0.2) is 60.4 Å². The van der Waals surface area contributed by atoms with Crippen LogP contribution in [0.5, 0.6) is 5.75 Å². The van der Waals surface area contributed by atoms with Crippen LogP contribution in [0.1, 0.15) is 40.0 Å². The van der Waals surface area contributed by atoms with E-state index in [0.29, 0.717) is 13.0 Å². The molecule has 9 atom stereocenters. The van der Waals surface area contributed by atoms with Crippen molar-refractivity contribution in [2.24, 2.45) is 23.2 Å². The van der Waals surface area contributed by atoms with Crippen LogP contribution in [0.3, 0.4) is 0 Å². The number of esters is 1.